The van der Waals surface area contributed by atoms with Crippen molar-refractivity contribution < 1.29 is 4.74 Å². The van der Waals surface area contributed by atoms with Gasteiger partial charge in [0.25, 0.3) is 0 Å². The second-order valence-corrected chi connectivity index (χ2v) is 3.45. The molecule has 2 N–H and O–H groups in total. The van der Waals surface area contributed by atoms with Crippen LogP contribution in [0.3, 0.4) is 0 Å². The van der Waals surface area contributed by atoms with E-state index in [0.29, 0.717) is 17.0 Å². The highest BCUT2D eigenvalue weighted by Gasteiger charge is 2.11. The van der Waals surface area contributed by atoms with Crippen LogP contribution in [0.2, 0.25) is 0 Å². The molecule has 3 nitrogen and oxygen atoms in total. The molecule has 1 aromatic carbocycles. The minimum atomic E-state index is 0.266. The van der Waals surface area contributed by atoms with Crippen molar-refractivity contribution >= 4 is 5.69 Å². The standard InChI is InChI=1S/C11H14N2O/c1-7(2)9-4-8(14-3)5-11(13)10(9)6-12/h4-5,7H,13H2,1-3H3. The van der Waals surface area contributed by atoms with E-state index in [9.17, 15) is 0 Å². The van der Waals surface area contributed by atoms with Crippen molar-refractivity contribution in [2.24, 2.45) is 0 Å². The Morgan fingerprint density at radius 3 is 2.50 bits per heavy atom. The van der Waals surface area contributed by atoms with Gasteiger partial charge >= 0.3 is 0 Å². The Hall–Kier alpha value is -1.69. The molecule has 14 heavy (non-hydrogen) atoms. The first-order chi connectivity index (χ1) is 6.60. The molecular weight excluding hydrogens is 176 g/mol. The third kappa shape index (κ3) is 1.80. The molecule has 1 aromatic rings. The molecule has 0 saturated carbocycles. The summed E-state index contributed by atoms with van der Waals surface area (Å²) in [6, 6.07) is 5.65. The van der Waals surface area contributed by atoms with Gasteiger partial charge in [0.15, 0.2) is 0 Å². The Morgan fingerprint density at radius 1 is 1.43 bits per heavy atom. The molecule has 0 radical (unpaired) electrons. The Labute approximate surface area is 84.1 Å². The molecule has 0 saturated heterocycles. The SMILES string of the molecule is COc1cc(N)c(C#N)c(C(C)C)c1. The molecule has 0 fully saturated rings. The number of nitriles is 1. The molecular formula is C11H14N2O. The number of nitrogen functional groups attached to an aromatic ring is 1. The van der Waals surface area contributed by atoms with Gasteiger partial charge in [-0.3, -0.25) is 0 Å². The van der Waals surface area contributed by atoms with E-state index < -0.39 is 0 Å². The fourth-order valence-electron chi connectivity index (χ4n) is 1.36. The third-order valence-corrected chi connectivity index (χ3v) is 2.14. The van der Waals surface area contributed by atoms with E-state index in [1.807, 2.05) is 19.9 Å². The van der Waals surface area contributed by atoms with Crippen LogP contribution >= 0.6 is 0 Å². The summed E-state index contributed by atoms with van der Waals surface area (Å²) in [5.41, 5.74) is 7.72. The number of nitrogens with two attached hydrogens (primary N) is 1. The Balaban J connectivity index is 3.37. The van der Waals surface area contributed by atoms with Gasteiger partial charge < -0.3 is 10.5 Å². The first-order valence-electron chi connectivity index (χ1n) is 4.47. The Kier molecular flexibility index (Phi) is 2.98. The lowest BCUT2D eigenvalue weighted by Gasteiger charge is -2.12. The van der Waals surface area contributed by atoms with Crippen LogP contribution < -0.4 is 10.5 Å². The topological polar surface area (TPSA) is 59.0 Å². The van der Waals surface area contributed by atoms with Gasteiger partial charge in [0.2, 0.25) is 0 Å². The molecule has 0 atom stereocenters. The zero-order valence-electron chi connectivity index (χ0n) is 8.66. The molecule has 0 aromatic heterocycles. The molecule has 0 unspecified atom stereocenters. The highest BCUT2D eigenvalue weighted by Crippen LogP contribution is 2.28. The summed E-state index contributed by atoms with van der Waals surface area (Å²) in [7, 11) is 1.59. The van der Waals surface area contributed by atoms with Crippen LogP contribution in [0.15, 0.2) is 12.1 Å². The van der Waals surface area contributed by atoms with Gasteiger partial charge in [-0.1, -0.05) is 13.8 Å². The summed E-state index contributed by atoms with van der Waals surface area (Å²) in [6.45, 7) is 4.05. The van der Waals surface area contributed by atoms with E-state index in [0.717, 1.165) is 5.56 Å². The van der Waals surface area contributed by atoms with E-state index in [4.69, 9.17) is 15.7 Å². The minimum absolute atomic E-state index is 0.266. The molecule has 0 heterocycles. The van der Waals surface area contributed by atoms with Crippen molar-refractivity contribution in [3.8, 4) is 11.8 Å². The average Bonchev–Trinajstić information content (AvgIpc) is 2.16. The molecule has 0 aliphatic heterocycles. The number of hydrogen-bond donors (Lipinski definition) is 1. The number of ether oxygens (including phenoxy) is 1. The van der Waals surface area contributed by atoms with Gasteiger partial charge in [-0.2, -0.15) is 5.26 Å². The largest absolute Gasteiger partial charge is 0.497 e. The molecule has 0 amide bonds. The summed E-state index contributed by atoms with van der Waals surface area (Å²) in [5.74, 6) is 0.965. The number of methoxy groups -OCH3 is 1. The highest BCUT2D eigenvalue weighted by atomic mass is 16.5. The maximum Gasteiger partial charge on any atom is 0.121 e. The van der Waals surface area contributed by atoms with Crippen LogP contribution in [0, 0.1) is 11.3 Å². The number of rotatable bonds is 2. The van der Waals surface area contributed by atoms with E-state index in [-0.39, 0.29) is 5.92 Å². The maximum atomic E-state index is 8.94. The van der Waals surface area contributed by atoms with Crippen LogP contribution in [-0.4, -0.2) is 7.11 Å². The maximum absolute atomic E-state index is 8.94. The van der Waals surface area contributed by atoms with Crippen LogP contribution in [-0.2, 0) is 0 Å². The van der Waals surface area contributed by atoms with Gasteiger partial charge in [-0.25, -0.2) is 0 Å². The molecule has 0 aliphatic rings. The normalized spacial score (nSPS) is 9.93. The molecule has 3 heteroatoms. The smallest absolute Gasteiger partial charge is 0.121 e. The molecule has 0 aliphatic carbocycles. The predicted octanol–water partition coefficient (Wildman–Crippen LogP) is 2.27. The lowest BCUT2D eigenvalue weighted by molar-refractivity contribution is 0.414. The quantitative estimate of drug-likeness (QED) is 0.728. The van der Waals surface area contributed by atoms with E-state index in [2.05, 4.69) is 6.07 Å². The van der Waals surface area contributed by atoms with Gasteiger partial charge in [-0.05, 0) is 17.5 Å². The first kappa shape index (κ1) is 10.4. The lowest BCUT2D eigenvalue weighted by Crippen LogP contribution is -2.00. The zero-order valence-corrected chi connectivity index (χ0v) is 8.66. The summed E-state index contributed by atoms with van der Waals surface area (Å²) < 4.78 is 5.10. The monoisotopic (exact) mass is 190 g/mol. The predicted molar refractivity (Wildman–Crippen MR) is 56.2 cm³/mol. The van der Waals surface area contributed by atoms with Crippen LogP contribution in [0.5, 0.6) is 5.75 Å². The minimum Gasteiger partial charge on any atom is -0.497 e. The number of nitrogens with zero attached hydrogens (tertiary/aromatic N) is 1. The Bertz CT molecular complexity index is 378. The first-order valence-corrected chi connectivity index (χ1v) is 4.47. The summed E-state index contributed by atoms with van der Waals surface area (Å²) >= 11 is 0. The van der Waals surface area contributed by atoms with Crippen molar-refractivity contribution in [1.29, 1.82) is 5.26 Å². The fourth-order valence-corrected chi connectivity index (χ4v) is 1.36. The van der Waals surface area contributed by atoms with Crippen LogP contribution in [0.4, 0.5) is 5.69 Å². The zero-order chi connectivity index (χ0) is 10.7. The summed E-state index contributed by atoms with van der Waals surface area (Å²) in [6.07, 6.45) is 0. The second kappa shape index (κ2) is 4.01. The van der Waals surface area contributed by atoms with E-state index in [1.165, 1.54) is 0 Å². The third-order valence-electron chi connectivity index (χ3n) is 2.14. The Morgan fingerprint density at radius 2 is 2.07 bits per heavy atom. The van der Waals surface area contributed by atoms with Crippen molar-refractivity contribution in [2.75, 3.05) is 12.8 Å². The van der Waals surface area contributed by atoms with Gasteiger partial charge in [0.1, 0.15) is 11.8 Å². The lowest BCUT2D eigenvalue weighted by atomic mass is 9.96. The van der Waals surface area contributed by atoms with Crippen molar-refractivity contribution in [1.82, 2.24) is 0 Å². The van der Waals surface area contributed by atoms with Crippen molar-refractivity contribution in [3.05, 3.63) is 23.3 Å². The van der Waals surface area contributed by atoms with Crippen LogP contribution in [0.25, 0.3) is 0 Å². The van der Waals surface area contributed by atoms with Gasteiger partial charge in [-0.15, -0.1) is 0 Å². The van der Waals surface area contributed by atoms with Crippen molar-refractivity contribution in [2.45, 2.75) is 19.8 Å². The molecule has 1 rings (SSSR count). The summed E-state index contributed by atoms with van der Waals surface area (Å²) in [4.78, 5) is 0. The summed E-state index contributed by atoms with van der Waals surface area (Å²) in [5, 5.41) is 8.94. The molecule has 74 valence electrons. The second-order valence-electron chi connectivity index (χ2n) is 3.45. The highest BCUT2D eigenvalue weighted by molar-refractivity contribution is 5.62. The number of benzene rings is 1. The van der Waals surface area contributed by atoms with E-state index in [1.54, 1.807) is 13.2 Å². The van der Waals surface area contributed by atoms with Crippen molar-refractivity contribution in [3.63, 3.8) is 0 Å². The van der Waals surface area contributed by atoms with Gasteiger partial charge in [0.05, 0.1) is 18.4 Å². The number of anilines is 1. The molecule has 0 bridgehead atoms. The molecule has 0 spiro atoms. The average molecular weight is 190 g/mol. The number of hydrogen-bond acceptors (Lipinski definition) is 3. The van der Waals surface area contributed by atoms with Gasteiger partial charge in [0, 0.05) is 6.07 Å². The van der Waals surface area contributed by atoms with Crippen LogP contribution in [0.1, 0.15) is 30.9 Å². The fraction of sp³-hybridized carbons (Fsp3) is 0.364. The van der Waals surface area contributed by atoms with E-state index >= 15 is 0 Å².